The summed E-state index contributed by atoms with van der Waals surface area (Å²) in [6.45, 7) is 10.0. The molecule has 0 atom stereocenters. The number of likely N-dealkylation sites (N-methyl/N-ethyl adjacent to an activating group) is 1. The van der Waals surface area contributed by atoms with Crippen molar-refractivity contribution in [2.45, 2.75) is 20.3 Å². The first kappa shape index (κ1) is 17.8. The van der Waals surface area contributed by atoms with Gasteiger partial charge >= 0.3 is 0 Å². The van der Waals surface area contributed by atoms with Crippen molar-refractivity contribution in [2.24, 2.45) is 0 Å². The Bertz CT molecular complexity index is 511. The van der Waals surface area contributed by atoms with Gasteiger partial charge in [-0.3, -0.25) is 4.79 Å². The molecular weight excluding hydrogens is 292 g/mol. The van der Waals surface area contributed by atoms with E-state index < -0.39 is 0 Å². The molecule has 0 unspecified atom stereocenters. The molecule has 1 aliphatic rings. The van der Waals surface area contributed by atoms with Crippen LogP contribution < -0.4 is 9.47 Å². The molecule has 0 spiro atoms. The highest BCUT2D eigenvalue weighted by atomic mass is 16.5. The van der Waals surface area contributed by atoms with Gasteiger partial charge in [-0.15, -0.1) is 0 Å². The number of benzene rings is 1. The van der Waals surface area contributed by atoms with Gasteiger partial charge < -0.3 is 19.3 Å². The maximum atomic E-state index is 12.4. The lowest BCUT2D eigenvalue weighted by atomic mass is 10.1. The predicted octanol–water partition coefficient (Wildman–Crippen LogP) is 2.30. The van der Waals surface area contributed by atoms with Crippen molar-refractivity contribution in [3.05, 3.63) is 23.8 Å². The number of carbonyl (C=O) groups is 1. The smallest absolute Gasteiger partial charge is 0.164 e. The third-order valence-electron chi connectivity index (χ3n) is 4.12. The standard InChI is InChI=1S/C18H28N2O3/c1-4-22-17-7-6-15(14-18(17)23-5-2)16(21)8-9-20-12-10-19(3)11-13-20/h6-7,14H,4-5,8-13H2,1-3H3. The molecule has 1 fully saturated rings. The van der Waals surface area contributed by atoms with Crippen molar-refractivity contribution < 1.29 is 14.3 Å². The van der Waals surface area contributed by atoms with Gasteiger partial charge in [-0.25, -0.2) is 0 Å². The van der Waals surface area contributed by atoms with Gasteiger partial charge in [0.25, 0.3) is 0 Å². The molecule has 0 radical (unpaired) electrons. The van der Waals surface area contributed by atoms with Gasteiger partial charge in [-0.2, -0.15) is 0 Å². The molecule has 1 aromatic rings. The SMILES string of the molecule is CCOc1ccc(C(=O)CCN2CCN(C)CC2)cc1OCC. The van der Waals surface area contributed by atoms with Crippen LogP contribution in [0.2, 0.25) is 0 Å². The molecule has 1 heterocycles. The summed E-state index contributed by atoms with van der Waals surface area (Å²) in [5.74, 6) is 1.51. The van der Waals surface area contributed by atoms with Gasteiger partial charge in [-0.05, 0) is 39.1 Å². The fourth-order valence-corrected chi connectivity index (χ4v) is 2.70. The van der Waals surface area contributed by atoms with Crippen molar-refractivity contribution in [2.75, 3.05) is 53.0 Å². The molecule has 0 saturated carbocycles. The average Bonchev–Trinajstić information content (AvgIpc) is 2.56. The lowest BCUT2D eigenvalue weighted by Crippen LogP contribution is -2.45. The summed E-state index contributed by atoms with van der Waals surface area (Å²) in [6.07, 6.45) is 0.545. The van der Waals surface area contributed by atoms with E-state index in [4.69, 9.17) is 9.47 Å². The van der Waals surface area contributed by atoms with Gasteiger partial charge in [0.2, 0.25) is 0 Å². The maximum Gasteiger partial charge on any atom is 0.164 e. The van der Waals surface area contributed by atoms with Gasteiger partial charge in [0.05, 0.1) is 13.2 Å². The number of carbonyl (C=O) groups excluding carboxylic acids is 1. The van der Waals surface area contributed by atoms with Crippen molar-refractivity contribution in [3.8, 4) is 11.5 Å². The summed E-state index contributed by atoms with van der Waals surface area (Å²) >= 11 is 0. The van der Waals surface area contributed by atoms with Crippen LogP contribution in [-0.2, 0) is 0 Å². The maximum absolute atomic E-state index is 12.4. The molecule has 1 saturated heterocycles. The summed E-state index contributed by atoms with van der Waals surface area (Å²) in [6, 6.07) is 5.47. The van der Waals surface area contributed by atoms with Gasteiger partial charge in [0, 0.05) is 44.7 Å². The number of hydrogen-bond acceptors (Lipinski definition) is 5. The van der Waals surface area contributed by atoms with Gasteiger partial charge in [0.15, 0.2) is 17.3 Å². The van der Waals surface area contributed by atoms with E-state index in [0.717, 1.165) is 32.7 Å². The van der Waals surface area contributed by atoms with E-state index in [0.29, 0.717) is 36.7 Å². The summed E-state index contributed by atoms with van der Waals surface area (Å²) in [7, 11) is 2.14. The Morgan fingerprint density at radius 1 is 1.04 bits per heavy atom. The fraction of sp³-hybridized carbons (Fsp3) is 0.611. The van der Waals surface area contributed by atoms with Crippen LogP contribution in [0, 0.1) is 0 Å². The quantitative estimate of drug-likeness (QED) is 0.688. The second kappa shape index (κ2) is 8.89. The monoisotopic (exact) mass is 320 g/mol. The van der Waals surface area contributed by atoms with Crippen LogP contribution in [-0.4, -0.2) is 68.6 Å². The van der Waals surface area contributed by atoms with Crippen LogP contribution in [0.4, 0.5) is 0 Å². The fourth-order valence-electron chi connectivity index (χ4n) is 2.70. The van der Waals surface area contributed by atoms with Crippen LogP contribution >= 0.6 is 0 Å². The molecule has 1 aromatic carbocycles. The van der Waals surface area contributed by atoms with E-state index in [1.165, 1.54) is 0 Å². The highest BCUT2D eigenvalue weighted by Gasteiger charge is 2.16. The molecule has 1 aliphatic heterocycles. The number of Topliss-reactive ketones (excluding diaryl/α,β-unsaturated/α-hetero) is 1. The molecule has 5 heteroatoms. The van der Waals surface area contributed by atoms with E-state index in [-0.39, 0.29) is 5.78 Å². The normalized spacial score (nSPS) is 16.3. The summed E-state index contributed by atoms with van der Waals surface area (Å²) in [5, 5.41) is 0. The predicted molar refractivity (Wildman–Crippen MR) is 91.7 cm³/mol. The molecule has 0 amide bonds. The first-order valence-electron chi connectivity index (χ1n) is 8.47. The highest BCUT2D eigenvalue weighted by Crippen LogP contribution is 2.29. The minimum Gasteiger partial charge on any atom is -0.490 e. The second-order valence-electron chi connectivity index (χ2n) is 5.85. The third kappa shape index (κ3) is 5.22. The van der Waals surface area contributed by atoms with Crippen molar-refractivity contribution in [1.29, 1.82) is 0 Å². The van der Waals surface area contributed by atoms with Gasteiger partial charge in [-0.1, -0.05) is 0 Å². The Morgan fingerprint density at radius 2 is 1.70 bits per heavy atom. The first-order chi connectivity index (χ1) is 11.1. The number of hydrogen-bond donors (Lipinski definition) is 0. The van der Waals surface area contributed by atoms with Crippen LogP contribution in [0.15, 0.2) is 18.2 Å². The molecule has 128 valence electrons. The minimum absolute atomic E-state index is 0.160. The van der Waals surface area contributed by atoms with E-state index in [9.17, 15) is 4.79 Å². The molecule has 0 aromatic heterocycles. The molecule has 2 rings (SSSR count). The van der Waals surface area contributed by atoms with E-state index in [2.05, 4.69) is 16.8 Å². The average molecular weight is 320 g/mol. The van der Waals surface area contributed by atoms with Crippen LogP contribution in [0.25, 0.3) is 0 Å². The van der Waals surface area contributed by atoms with E-state index >= 15 is 0 Å². The number of ether oxygens (including phenoxy) is 2. The Kier molecular flexibility index (Phi) is 6.86. The Morgan fingerprint density at radius 3 is 2.35 bits per heavy atom. The second-order valence-corrected chi connectivity index (χ2v) is 5.85. The van der Waals surface area contributed by atoms with E-state index in [1.54, 1.807) is 6.07 Å². The zero-order valence-corrected chi connectivity index (χ0v) is 14.5. The first-order valence-corrected chi connectivity index (χ1v) is 8.47. The summed E-state index contributed by atoms with van der Waals surface area (Å²) in [5.41, 5.74) is 0.700. The number of nitrogens with zero attached hydrogens (tertiary/aromatic N) is 2. The molecule has 5 nitrogen and oxygen atoms in total. The zero-order chi connectivity index (χ0) is 16.7. The largest absolute Gasteiger partial charge is 0.490 e. The Balaban J connectivity index is 1.94. The zero-order valence-electron chi connectivity index (χ0n) is 14.5. The Hall–Kier alpha value is -1.59. The number of rotatable bonds is 8. The van der Waals surface area contributed by atoms with Gasteiger partial charge in [0.1, 0.15) is 0 Å². The molecule has 0 aliphatic carbocycles. The number of piperazine rings is 1. The summed E-state index contributed by atoms with van der Waals surface area (Å²) in [4.78, 5) is 17.1. The van der Waals surface area contributed by atoms with Crippen molar-refractivity contribution >= 4 is 5.78 Å². The lowest BCUT2D eigenvalue weighted by molar-refractivity contribution is 0.0941. The minimum atomic E-state index is 0.160. The van der Waals surface area contributed by atoms with Crippen LogP contribution in [0.3, 0.4) is 0 Å². The molecule has 0 N–H and O–H groups in total. The topological polar surface area (TPSA) is 42.0 Å². The lowest BCUT2D eigenvalue weighted by Gasteiger charge is -2.32. The molecular formula is C18H28N2O3. The molecule has 0 bridgehead atoms. The third-order valence-corrected chi connectivity index (χ3v) is 4.12. The van der Waals surface area contributed by atoms with Crippen molar-refractivity contribution in [1.82, 2.24) is 9.80 Å². The van der Waals surface area contributed by atoms with E-state index in [1.807, 2.05) is 26.0 Å². The van der Waals surface area contributed by atoms with Crippen molar-refractivity contribution in [3.63, 3.8) is 0 Å². The van der Waals surface area contributed by atoms with Crippen LogP contribution in [0.1, 0.15) is 30.6 Å². The Labute approximate surface area is 139 Å². The molecule has 23 heavy (non-hydrogen) atoms. The summed E-state index contributed by atoms with van der Waals surface area (Å²) < 4.78 is 11.1. The highest BCUT2D eigenvalue weighted by molar-refractivity contribution is 5.96. The number of ketones is 1. The van der Waals surface area contributed by atoms with Crippen LogP contribution in [0.5, 0.6) is 11.5 Å².